The van der Waals surface area contributed by atoms with E-state index in [2.05, 4.69) is 9.72 Å². The van der Waals surface area contributed by atoms with Gasteiger partial charge in [-0.2, -0.15) is 13.2 Å². The number of alkyl halides is 3. The first kappa shape index (κ1) is 17.4. The van der Waals surface area contributed by atoms with Gasteiger partial charge in [-0.1, -0.05) is 6.07 Å². The first-order valence-corrected chi connectivity index (χ1v) is 8.40. The van der Waals surface area contributed by atoms with E-state index in [1.807, 2.05) is 0 Å². The number of nitrogens with two attached hydrogens (primary N) is 1. The highest BCUT2D eigenvalue weighted by Gasteiger charge is 2.38. The van der Waals surface area contributed by atoms with E-state index in [1.165, 1.54) is 6.07 Å². The summed E-state index contributed by atoms with van der Waals surface area (Å²) in [6, 6.07) is 4.02. The van der Waals surface area contributed by atoms with E-state index in [0.29, 0.717) is 11.3 Å². The quantitative estimate of drug-likeness (QED) is 0.544. The van der Waals surface area contributed by atoms with Crippen LogP contribution in [0.3, 0.4) is 0 Å². The van der Waals surface area contributed by atoms with E-state index in [0.717, 1.165) is 24.5 Å². The predicted octanol–water partition coefficient (Wildman–Crippen LogP) is 3.98. The van der Waals surface area contributed by atoms with Crippen LogP contribution in [-0.2, 0) is 10.9 Å². The van der Waals surface area contributed by atoms with Crippen LogP contribution in [0.2, 0.25) is 0 Å². The van der Waals surface area contributed by atoms with Crippen LogP contribution in [0.1, 0.15) is 30.6 Å². The molecule has 0 bridgehead atoms. The number of halogens is 3. The lowest BCUT2D eigenvalue weighted by Crippen LogP contribution is -2.15. The number of ether oxygens (including phenoxy) is 1. The number of thiophene rings is 2. The molecule has 0 aliphatic carbocycles. The molecule has 5 nitrogen and oxygen atoms in total. The maximum Gasteiger partial charge on any atom is 0.434 e. The Morgan fingerprint density at radius 1 is 1.32 bits per heavy atom. The highest BCUT2D eigenvalue weighted by Crippen LogP contribution is 2.39. The summed E-state index contributed by atoms with van der Waals surface area (Å²) in [7, 11) is 1.13. The topological polar surface area (TPSA) is 82.3 Å². The molecule has 0 atom stereocenters. The fraction of sp³-hybridized carbons (Fsp3) is 0.133. The smallest absolute Gasteiger partial charge is 0.434 e. The molecule has 0 saturated carbocycles. The van der Waals surface area contributed by atoms with Crippen molar-refractivity contribution < 1.29 is 27.5 Å². The Morgan fingerprint density at radius 2 is 2.04 bits per heavy atom. The Morgan fingerprint density at radius 3 is 2.60 bits per heavy atom. The molecular formula is C15H9F3N2O3S2. The number of ketones is 1. The summed E-state index contributed by atoms with van der Waals surface area (Å²) in [5.41, 5.74) is 3.86. The standard InChI is InChI=1S/C15H9F3N2O3S2/c1-23-14(22)11-9(19)6-5-7(10(21)8-3-2-4-24-8)12(15(16,17)18)20-13(6)25-11/h2-5H,19H2,1H3. The number of aromatic nitrogens is 1. The molecule has 0 aliphatic heterocycles. The van der Waals surface area contributed by atoms with Gasteiger partial charge in [0.15, 0.2) is 5.69 Å². The Balaban J connectivity index is 2.29. The van der Waals surface area contributed by atoms with Crippen LogP contribution < -0.4 is 5.73 Å². The molecule has 0 radical (unpaired) electrons. The van der Waals surface area contributed by atoms with Crippen molar-refractivity contribution in [2.45, 2.75) is 6.18 Å². The molecule has 130 valence electrons. The van der Waals surface area contributed by atoms with Gasteiger partial charge in [-0.15, -0.1) is 22.7 Å². The fourth-order valence-electron chi connectivity index (χ4n) is 2.22. The SMILES string of the molecule is COC(=O)c1sc2nc(C(F)(F)F)c(C(=O)c3cccs3)cc2c1N. The van der Waals surface area contributed by atoms with Crippen molar-refractivity contribution in [3.63, 3.8) is 0 Å². The zero-order valence-corrected chi connectivity index (χ0v) is 14.1. The predicted molar refractivity (Wildman–Crippen MR) is 88.1 cm³/mol. The highest BCUT2D eigenvalue weighted by molar-refractivity contribution is 7.21. The molecule has 0 saturated heterocycles. The molecule has 10 heteroatoms. The second kappa shape index (κ2) is 6.12. The number of carbonyl (C=O) groups excluding carboxylic acids is 2. The molecule has 0 spiro atoms. The molecule has 3 rings (SSSR count). The van der Waals surface area contributed by atoms with Crippen molar-refractivity contribution in [2.75, 3.05) is 12.8 Å². The lowest BCUT2D eigenvalue weighted by Gasteiger charge is -2.11. The third-order valence-corrected chi connectivity index (χ3v) is 5.31. The molecule has 3 heterocycles. The molecule has 0 unspecified atom stereocenters. The minimum Gasteiger partial charge on any atom is -0.465 e. The molecule has 0 fully saturated rings. The van der Waals surface area contributed by atoms with Gasteiger partial charge in [0.1, 0.15) is 9.71 Å². The van der Waals surface area contributed by atoms with Gasteiger partial charge in [-0.05, 0) is 17.5 Å². The van der Waals surface area contributed by atoms with Crippen molar-refractivity contribution in [2.24, 2.45) is 0 Å². The Kier molecular flexibility index (Phi) is 4.25. The van der Waals surface area contributed by atoms with Gasteiger partial charge < -0.3 is 10.5 Å². The van der Waals surface area contributed by atoms with Crippen molar-refractivity contribution >= 4 is 50.3 Å². The number of esters is 1. The van der Waals surface area contributed by atoms with Crippen LogP contribution in [0.4, 0.5) is 18.9 Å². The largest absolute Gasteiger partial charge is 0.465 e. The van der Waals surface area contributed by atoms with E-state index in [9.17, 15) is 22.8 Å². The molecule has 0 aromatic carbocycles. The van der Waals surface area contributed by atoms with Crippen LogP contribution in [0.5, 0.6) is 0 Å². The highest BCUT2D eigenvalue weighted by atomic mass is 32.1. The third-order valence-electron chi connectivity index (χ3n) is 3.35. The molecule has 0 amide bonds. The van der Waals surface area contributed by atoms with Gasteiger partial charge in [-0.3, -0.25) is 4.79 Å². The van der Waals surface area contributed by atoms with Crippen molar-refractivity contribution in [3.05, 3.63) is 44.6 Å². The summed E-state index contributed by atoms with van der Waals surface area (Å²) >= 11 is 1.71. The number of methoxy groups -OCH3 is 1. The monoisotopic (exact) mass is 386 g/mol. The number of hydrogen-bond donors (Lipinski definition) is 1. The average Bonchev–Trinajstić information content (AvgIpc) is 3.20. The molecule has 25 heavy (non-hydrogen) atoms. The van der Waals surface area contributed by atoms with E-state index in [-0.39, 0.29) is 25.7 Å². The minimum absolute atomic E-state index is 0.0566. The van der Waals surface area contributed by atoms with Gasteiger partial charge in [0.25, 0.3) is 0 Å². The number of anilines is 1. The summed E-state index contributed by atoms with van der Waals surface area (Å²) in [6.07, 6.45) is -4.83. The lowest BCUT2D eigenvalue weighted by atomic mass is 10.1. The normalized spacial score (nSPS) is 11.7. The minimum atomic E-state index is -4.83. The van der Waals surface area contributed by atoms with Crippen LogP contribution in [0, 0.1) is 0 Å². The zero-order valence-electron chi connectivity index (χ0n) is 12.5. The summed E-state index contributed by atoms with van der Waals surface area (Å²) in [6.45, 7) is 0. The Bertz CT molecular complexity index is 978. The first-order valence-electron chi connectivity index (χ1n) is 6.70. The molecule has 0 aliphatic rings. The van der Waals surface area contributed by atoms with Gasteiger partial charge in [0, 0.05) is 5.39 Å². The molecule has 2 N–H and O–H groups in total. The molecular weight excluding hydrogens is 377 g/mol. The van der Waals surface area contributed by atoms with Crippen LogP contribution in [0.15, 0.2) is 23.6 Å². The van der Waals surface area contributed by atoms with Gasteiger partial charge in [0.05, 0.1) is 23.2 Å². The number of rotatable bonds is 3. The van der Waals surface area contributed by atoms with Crippen LogP contribution in [-0.4, -0.2) is 23.8 Å². The van der Waals surface area contributed by atoms with Crippen LogP contribution >= 0.6 is 22.7 Å². The number of carbonyl (C=O) groups is 2. The molecule has 3 aromatic rings. The number of hydrogen-bond acceptors (Lipinski definition) is 7. The van der Waals surface area contributed by atoms with E-state index >= 15 is 0 Å². The summed E-state index contributed by atoms with van der Waals surface area (Å²) in [5, 5.41) is 1.69. The number of pyridine rings is 1. The second-order valence-electron chi connectivity index (χ2n) is 4.88. The summed E-state index contributed by atoms with van der Waals surface area (Å²) < 4.78 is 44.7. The fourth-order valence-corrected chi connectivity index (χ4v) is 3.89. The number of nitrogens with zero attached hydrogens (tertiary/aromatic N) is 1. The maximum absolute atomic E-state index is 13.4. The van der Waals surface area contributed by atoms with Crippen molar-refractivity contribution in [3.8, 4) is 0 Å². The average molecular weight is 386 g/mol. The number of nitrogen functional groups attached to an aromatic ring is 1. The Hall–Kier alpha value is -2.46. The van der Waals surface area contributed by atoms with Gasteiger partial charge in [-0.25, -0.2) is 9.78 Å². The van der Waals surface area contributed by atoms with E-state index < -0.39 is 29.2 Å². The maximum atomic E-state index is 13.4. The van der Waals surface area contributed by atoms with Crippen molar-refractivity contribution in [1.82, 2.24) is 4.98 Å². The van der Waals surface area contributed by atoms with Crippen LogP contribution in [0.25, 0.3) is 10.2 Å². The number of fused-ring (bicyclic) bond motifs is 1. The van der Waals surface area contributed by atoms with Gasteiger partial charge in [0.2, 0.25) is 5.78 Å². The van der Waals surface area contributed by atoms with Gasteiger partial charge >= 0.3 is 12.1 Å². The lowest BCUT2D eigenvalue weighted by molar-refractivity contribution is -0.141. The summed E-state index contributed by atoms with van der Waals surface area (Å²) in [5.74, 6) is -1.58. The molecule has 3 aromatic heterocycles. The van der Waals surface area contributed by atoms with Crippen molar-refractivity contribution in [1.29, 1.82) is 0 Å². The second-order valence-corrected chi connectivity index (χ2v) is 6.82. The third kappa shape index (κ3) is 2.98. The zero-order chi connectivity index (χ0) is 18.4. The summed E-state index contributed by atoms with van der Waals surface area (Å²) in [4.78, 5) is 27.7. The Labute approximate surface area is 146 Å². The first-order chi connectivity index (χ1) is 11.7. The van der Waals surface area contributed by atoms with E-state index in [1.54, 1.807) is 11.4 Å². The van der Waals surface area contributed by atoms with E-state index in [4.69, 9.17) is 5.73 Å².